The van der Waals surface area contributed by atoms with Gasteiger partial charge in [0.1, 0.15) is 0 Å². The van der Waals surface area contributed by atoms with Crippen molar-refractivity contribution in [1.82, 2.24) is 4.72 Å². The van der Waals surface area contributed by atoms with Crippen LogP contribution in [0.3, 0.4) is 0 Å². The van der Waals surface area contributed by atoms with Gasteiger partial charge in [-0.25, -0.2) is 17.9 Å². The first-order valence-corrected chi connectivity index (χ1v) is 8.34. The van der Waals surface area contributed by atoms with Gasteiger partial charge in [-0.1, -0.05) is 11.6 Å². The maximum atomic E-state index is 12.2. The number of halogens is 1. The highest BCUT2D eigenvalue weighted by Gasteiger charge is 2.22. The minimum atomic E-state index is -3.96. The molecule has 0 aliphatic heterocycles. The van der Waals surface area contributed by atoms with Crippen LogP contribution < -0.4 is 10.5 Å². The SMILES string of the molecule is Nc1ccc(S(=O)(=O)NCc2ccc(Cl)s2)c(C(=O)O)c1. The fourth-order valence-electron chi connectivity index (χ4n) is 1.64. The Morgan fingerprint density at radius 3 is 2.62 bits per heavy atom. The van der Waals surface area contributed by atoms with Crippen molar-refractivity contribution in [2.24, 2.45) is 0 Å². The molecule has 21 heavy (non-hydrogen) atoms. The summed E-state index contributed by atoms with van der Waals surface area (Å²) in [6.07, 6.45) is 0. The van der Waals surface area contributed by atoms with Crippen LogP contribution in [0.15, 0.2) is 35.2 Å². The summed E-state index contributed by atoms with van der Waals surface area (Å²) >= 11 is 7.00. The number of benzene rings is 1. The quantitative estimate of drug-likeness (QED) is 0.719. The number of carboxylic acids is 1. The number of aromatic carboxylic acids is 1. The lowest BCUT2D eigenvalue weighted by atomic mass is 10.2. The zero-order valence-electron chi connectivity index (χ0n) is 10.5. The molecule has 0 atom stereocenters. The summed E-state index contributed by atoms with van der Waals surface area (Å²) in [5, 5.41) is 9.08. The second kappa shape index (κ2) is 6.02. The molecular formula is C12H11ClN2O4S2. The van der Waals surface area contributed by atoms with Crippen LogP contribution in [0.5, 0.6) is 0 Å². The zero-order valence-corrected chi connectivity index (χ0v) is 12.9. The number of carboxylic acid groups (broad SMARTS) is 1. The van der Waals surface area contributed by atoms with E-state index in [9.17, 15) is 13.2 Å². The molecule has 1 aromatic carbocycles. The fourth-order valence-corrected chi connectivity index (χ4v) is 3.94. The van der Waals surface area contributed by atoms with Gasteiger partial charge < -0.3 is 10.8 Å². The molecule has 0 aliphatic carbocycles. The highest BCUT2D eigenvalue weighted by molar-refractivity contribution is 7.89. The predicted octanol–water partition coefficient (Wildman–Crippen LogP) is 2.16. The Labute approximate surface area is 130 Å². The van der Waals surface area contributed by atoms with E-state index >= 15 is 0 Å². The van der Waals surface area contributed by atoms with Gasteiger partial charge in [-0.05, 0) is 30.3 Å². The van der Waals surface area contributed by atoms with E-state index in [0.29, 0.717) is 4.34 Å². The molecule has 4 N–H and O–H groups in total. The van der Waals surface area contributed by atoms with Crippen molar-refractivity contribution in [3.05, 3.63) is 45.1 Å². The molecule has 0 saturated heterocycles. The second-order valence-corrected chi connectivity index (χ2v) is 7.63. The number of nitrogens with two attached hydrogens (primary N) is 1. The minimum Gasteiger partial charge on any atom is -0.478 e. The summed E-state index contributed by atoms with van der Waals surface area (Å²) in [7, 11) is -3.96. The summed E-state index contributed by atoms with van der Waals surface area (Å²) in [6.45, 7) is 0.0309. The van der Waals surface area contributed by atoms with E-state index in [2.05, 4.69) is 4.72 Å². The number of nitrogens with one attached hydrogen (secondary N) is 1. The third-order valence-electron chi connectivity index (χ3n) is 2.59. The van der Waals surface area contributed by atoms with Gasteiger partial charge in [0.25, 0.3) is 0 Å². The maximum Gasteiger partial charge on any atom is 0.337 e. The average Bonchev–Trinajstić information content (AvgIpc) is 2.82. The molecule has 0 saturated carbocycles. The van der Waals surface area contributed by atoms with Crippen LogP contribution in [0.2, 0.25) is 4.34 Å². The van der Waals surface area contributed by atoms with Crippen LogP contribution >= 0.6 is 22.9 Å². The Morgan fingerprint density at radius 1 is 1.33 bits per heavy atom. The van der Waals surface area contributed by atoms with Gasteiger partial charge >= 0.3 is 5.97 Å². The molecule has 0 spiro atoms. The lowest BCUT2D eigenvalue weighted by Gasteiger charge is -2.09. The van der Waals surface area contributed by atoms with Crippen LogP contribution in [0, 0.1) is 0 Å². The summed E-state index contributed by atoms with van der Waals surface area (Å²) in [6, 6.07) is 6.96. The van der Waals surface area contributed by atoms with E-state index < -0.39 is 16.0 Å². The van der Waals surface area contributed by atoms with Crippen molar-refractivity contribution in [3.8, 4) is 0 Å². The van der Waals surface area contributed by atoms with Gasteiger partial charge in [-0.3, -0.25) is 0 Å². The number of carbonyl (C=O) groups is 1. The number of sulfonamides is 1. The highest BCUT2D eigenvalue weighted by atomic mass is 35.5. The molecule has 112 valence electrons. The topological polar surface area (TPSA) is 109 Å². The van der Waals surface area contributed by atoms with E-state index in [0.717, 1.165) is 10.9 Å². The molecule has 9 heteroatoms. The number of anilines is 1. The standard InChI is InChI=1S/C12H11ClN2O4S2/c13-11-4-2-8(20-11)6-15-21(18,19)10-3-1-7(14)5-9(10)12(16)17/h1-5,15H,6,14H2,(H,16,17). The average molecular weight is 347 g/mol. The molecule has 6 nitrogen and oxygen atoms in total. The van der Waals surface area contributed by atoms with Crippen molar-refractivity contribution in [2.75, 3.05) is 5.73 Å². The molecule has 0 fully saturated rings. The van der Waals surface area contributed by atoms with Gasteiger partial charge in [0, 0.05) is 17.1 Å². The van der Waals surface area contributed by atoms with Crippen LogP contribution in [0.1, 0.15) is 15.2 Å². The predicted molar refractivity (Wildman–Crippen MR) is 81.2 cm³/mol. The monoisotopic (exact) mass is 346 g/mol. The van der Waals surface area contributed by atoms with E-state index in [4.69, 9.17) is 22.4 Å². The molecule has 0 bridgehead atoms. The molecule has 0 amide bonds. The summed E-state index contributed by atoms with van der Waals surface area (Å²) in [4.78, 5) is 11.5. The van der Waals surface area contributed by atoms with Crippen LogP contribution in [-0.2, 0) is 16.6 Å². The van der Waals surface area contributed by atoms with Gasteiger partial charge in [0.05, 0.1) is 14.8 Å². The van der Waals surface area contributed by atoms with Gasteiger partial charge in [-0.15, -0.1) is 11.3 Å². The largest absolute Gasteiger partial charge is 0.478 e. The molecule has 0 radical (unpaired) electrons. The van der Waals surface area contributed by atoms with Crippen LogP contribution in [-0.4, -0.2) is 19.5 Å². The molecular weight excluding hydrogens is 336 g/mol. The van der Waals surface area contributed by atoms with Crippen molar-refractivity contribution in [2.45, 2.75) is 11.4 Å². The first kappa shape index (κ1) is 15.8. The van der Waals surface area contributed by atoms with Crippen LogP contribution in [0.4, 0.5) is 5.69 Å². The summed E-state index contributed by atoms with van der Waals surface area (Å²) < 4.78 is 27.3. The molecule has 2 aromatic rings. The maximum absolute atomic E-state index is 12.2. The van der Waals surface area contributed by atoms with Crippen molar-refractivity contribution in [1.29, 1.82) is 0 Å². The Morgan fingerprint density at radius 2 is 2.05 bits per heavy atom. The third-order valence-corrected chi connectivity index (χ3v) is 5.28. The molecule has 0 unspecified atom stereocenters. The number of hydrogen-bond acceptors (Lipinski definition) is 5. The summed E-state index contributed by atoms with van der Waals surface area (Å²) in [5.41, 5.74) is 5.29. The van der Waals surface area contributed by atoms with Gasteiger partial charge in [0.2, 0.25) is 10.0 Å². The fraction of sp³-hybridized carbons (Fsp3) is 0.0833. The van der Waals surface area contributed by atoms with E-state index in [1.54, 1.807) is 12.1 Å². The van der Waals surface area contributed by atoms with E-state index in [-0.39, 0.29) is 22.7 Å². The molecule has 2 rings (SSSR count). The van der Waals surface area contributed by atoms with E-state index in [1.165, 1.54) is 23.5 Å². The Balaban J connectivity index is 2.29. The first-order valence-electron chi connectivity index (χ1n) is 5.66. The van der Waals surface area contributed by atoms with Gasteiger partial charge in [0.15, 0.2) is 0 Å². The lowest BCUT2D eigenvalue weighted by Crippen LogP contribution is -2.25. The van der Waals surface area contributed by atoms with E-state index in [1.807, 2.05) is 0 Å². The Bertz CT molecular complexity index is 786. The summed E-state index contributed by atoms with van der Waals surface area (Å²) in [5.74, 6) is -1.36. The third kappa shape index (κ3) is 3.73. The normalized spacial score (nSPS) is 11.5. The molecule has 0 aliphatic rings. The van der Waals surface area contributed by atoms with Gasteiger partial charge in [-0.2, -0.15) is 0 Å². The highest BCUT2D eigenvalue weighted by Crippen LogP contribution is 2.23. The Kier molecular flexibility index (Phi) is 4.52. The number of nitrogen functional groups attached to an aromatic ring is 1. The molecule has 1 aromatic heterocycles. The lowest BCUT2D eigenvalue weighted by molar-refractivity contribution is 0.0692. The van der Waals surface area contributed by atoms with Crippen molar-refractivity contribution < 1.29 is 18.3 Å². The van der Waals surface area contributed by atoms with Crippen molar-refractivity contribution in [3.63, 3.8) is 0 Å². The first-order chi connectivity index (χ1) is 9.79. The number of thiophene rings is 1. The Hall–Kier alpha value is -1.61. The number of hydrogen-bond donors (Lipinski definition) is 3. The van der Waals surface area contributed by atoms with Crippen LogP contribution in [0.25, 0.3) is 0 Å². The minimum absolute atomic E-state index is 0.0309. The molecule has 1 heterocycles. The van der Waals surface area contributed by atoms with Crippen molar-refractivity contribution >= 4 is 44.6 Å². The second-order valence-electron chi connectivity index (χ2n) is 4.09. The smallest absolute Gasteiger partial charge is 0.337 e. The zero-order chi connectivity index (χ0) is 15.6. The number of rotatable bonds is 5.